The maximum absolute atomic E-state index is 9.71. The van der Waals surface area contributed by atoms with Crippen LogP contribution in [0, 0.1) is 17.3 Å². The molecule has 1 saturated carbocycles. The first-order valence-electron chi connectivity index (χ1n) is 4.75. The lowest BCUT2D eigenvalue weighted by molar-refractivity contribution is -0.0389. The highest BCUT2D eigenvalue weighted by molar-refractivity contribution is 4.88. The van der Waals surface area contributed by atoms with Crippen LogP contribution in [0.4, 0.5) is 0 Å². The second kappa shape index (κ2) is 3.35. The normalized spacial score (nSPS) is 41.2. The lowest BCUT2D eigenvalue weighted by Crippen LogP contribution is -2.40. The molecule has 0 saturated heterocycles. The fourth-order valence-electron chi connectivity index (χ4n) is 2.50. The number of aliphatic hydroxyl groups is 2. The summed E-state index contributed by atoms with van der Waals surface area (Å²) in [4.78, 5) is 0. The van der Waals surface area contributed by atoms with E-state index in [0.29, 0.717) is 5.92 Å². The lowest BCUT2D eigenvalue weighted by Gasteiger charge is -2.41. The molecule has 1 fully saturated rings. The van der Waals surface area contributed by atoms with Crippen LogP contribution in [0.15, 0.2) is 0 Å². The summed E-state index contributed by atoms with van der Waals surface area (Å²) in [6.45, 7) is 6.60. The highest BCUT2D eigenvalue weighted by Crippen LogP contribution is 2.41. The van der Waals surface area contributed by atoms with Crippen molar-refractivity contribution in [2.45, 2.75) is 39.7 Å². The summed E-state index contributed by atoms with van der Waals surface area (Å²) in [7, 11) is 0. The highest BCUT2D eigenvalue weighted by Gasteiger charge is 2.37. The third-order valence-corrected chi connectivity index (χ3v) is 3.07. The Morgan fingerprint density at radius 2 is 1.92 bits per heavy atom. The maximum Gasteiger partial charge on any atom is 0.0597 e. The molecule has 0 aliphatic heterocycles. The molecular weight excluding hydrogens is 152 g/mol. The van der Waals surface area contributed by atoms with E-state index in [-0.39, 0.29) is 24.0 Å². The van der Waals surface area contributed by atoms with Gasteiger partial charge in [0.25, 0.3) is 0 Å². The zero-order valence-corrected chi connectivity index (χ0v) is 8.25. The van der Waals surface area contributed by atoms with Crippen molar-refractivity contribution in [1.82, 2.24) is 0 Å². The van der Waals surface area contributed by atoms with Gasteiger partial charge >= 0.3 is 0 Å². The molecule has 0 spiro atoms. The van der Waals surface area contributed by atoms with Gasteiger partial charge in [0.15, 0.2) is 0 Å². The minimum absolute atomic E-state index is 0.0954. The number of rotatable bonds is 1. The van der Waals surface area contributed by atoms with Crippen LogP contribution in [0.3, 0.4) is 0 Å². The van der Waals surface area contributed by atoms with Crippen molar-refractivity contribution in [3.8, 4) is 0 Å². The molecule has 0 amide bonds. The molecular formula is C10H20O2. The number of aliphatic hydroxyl groups excluding tert-OH is 2. The van der Waals surface area contributed by atoms with Gasteiger partial charge in [0, 0.05) is 12.5 Å². The van der Waals surface area contributed by atoms with Gasteiger partial charge in [0.2, 0.25) is 0 Å². The number of hydrogen-bond donors (Lipinski definition) is 2. The van der Waals surface area contributed by atoms with E-state index >= 15 is 0 Å². The molecule has 0 radical (unpaired) electrons. The van der Waals surface area contributed by atoms with E-state index in [1.165, 1.54) is 0 Å². The molecule has 72 valence electrons. The third kappa shape index (κ3) is 1.99. The van der Waals surface area contributed by atoms with E-state index in [1.54, 1.807) is 0 Å². The minimum atomic E-state index is -0.311. The Balaban J connectivity index is 2.63. The van der Waals surface area contributed by atoms with Crippen molar-refractivity contribution in [2.24, 2.45) is 17.3 Å². The van der Waals surface area contributed by atoms with Crippen molar-refractivity contribution in [3.63, 3.8) is 0 Å². The molecule has 0 aromatic heterocycles. The van der Waals surface area contributed by atoms with Gasteiger partial charge in [-0.25, -0.2) is 0 Å². The first-order valence-corrected chi connectivity index (χ1v) is 4.75. The topological polar surface area (TPSA) is 40.5 Å². The zero-order valence-electron chi connectivity index (χ0n) is 8.25. The van der Waals surface area contributed by atoms with Crippen LogP contribution in [0.25, 0.3) is 0 Å². The van der Waals surface area contributed by atoms with Gasteiger partial charge < -0.3 is 10.2 Å². The summed E-state index contributed by atoms with van der Waals surface area (Å²) in [5.74, 6) is 0.534. The molecule has 2 N–H and O–H groups in total. The van der Waals surface area contributed by atoms with Crippen LogP contribution in [-0.2, 0) is 0 Å². The molecule has 0 heterocycles. The summed E-state index contributed by atoms with van der Waals surface area (Å²) in [5, 5.41) is 18.8. The molecule has 1 rings (SSSR count). The van der Waals surface area contributed by atoms with Crippen LogP contribution in [-0.4, -0.2) is 22.9 Å². The van der Waals surface area contributed by atoms with Crippen LogP contribution < -0.4 is 0 Å². The Hall–Kier alpha value is -0.0800. The fourth-order valence-corrected chi connectivity index (χ4v) is 2.50. The van der Waals surface area contributed by atoms with Crippen LogP contribution in [0.1, 0.15) is 33.6 Å². The molecule has 3 unspecified atom stereocenters. The lowest BCUT2D eigenvalue weighted by atomic mass is 9.66. The fraction of sp³-hybridized carbons (Fsp3) is 1.00. The summed E-state index contributed by atoms with van der Waals surface area (Å²) in [5.41, 5.74) is 0.241. The van der Waals surface area contributed by atoms with Gasteiger partial charge in [0.05, 0.1) is 6.10 Å². The Bertz CT molecular complexity index is 140. The summed E-state index contributed by atoms with van der Waals surface area (Å²) in [6.07, 6.45) is 1.62. The average molecular weight is 172 g/mol. The summed E-state index contributed by atoms with van der Waals surface area (Å²) >= 11 is 0. The Morgan fingerprint density at radius 3 is 2.33 bits per heavy atom. The van der Waals surface area contributed by atoms with E-state index in [0.717, 1.165) is 12.8 Å². The SMILES string of the molecule is CC1CC(C)(C)CC(O)C1CO. The van der Waals surface area contributed by atoms with Crippen molar-refractivity contribution < 1.29 is 10.2 Å². The van der Waals surface area contributed by atoms with Gasteiger partial charge in [0.1, 0.15) is 0 Å². The molecule has 0 aromatic rings. The van der Waals surface area contributed by atoms with Crippen molar-refractivity contribution in [3.05, 3.63) is 0 Å². The quantitative estimate of drug-likeness (QED) is 0.628. The van der Waals surface area contributed by atoms with E-state index in [9.17, 15) is 5.11 Å². The first-order chi connectivity index (χ1) is 5.46. The molecule has 1 aliphatic rings. The predicted molar refractivity (Wildman–Crippen MR) is 48.8 cm³/mol. The molecule has 2 nitrogen and oxygen atoms in total. The zero-order chi connectivity index (χ0) is 9.35. The van der Waals surface area contributed by atoms with Gasteiger partial charge in [-0.15, -0.1) is 0 Å². The van der Waals surface area contributed by atoms with Gasteiger partial charge in [-0.3, -0.25) is 0 Å². The van der Waals surface area contributed by atoms with Gasteiger partial charge in [-0.1, -0.05) is 20.8 Å². The van der Waals surface area contributed by atoms with E-state index in [1.807, 2.05) is 0 Å². The highest BCUT2D eigenvalue weighted by atomic mass is 16.3. The number of hydrogen-bond acceptors (Lipinski definition) is 2. The van der Waals surface area contributed by atoms with Crippen molar-refractivity contribution in [1.29, 1.82) is 0 Å². The van der Waals surface area contributed by atoms with Crippen molar-refractivity contribution in [2.75, 3.05) is 6.61 Å². The smallest absolute Gasteiger partial charge is 0.0597 e. The monoisotopic (exact) mass is 172 g/mol. The van der Waals surface area contributed by atoms with E-state index in [2.05, 4.69) is 20.8 Å². The van der Waals surface area contributed by atoms with Crippen LogP contribution >= 0.6 is 0 Å². The second-order valence-corrected chi connectivity index (χ2v) is 4.96. The van der Waals surface area contributed by atoms with Crippen LogP contribution in [0.5, 0.6) is 0 Å². The van der Waals surface area contributed by atoms with Crippen LogP contribution in [0.2, 0.25) is 0 Å². The Labute approximate surface area is 74.6 Å². The van der Waals surface area contributed by atoms with E-state index in [4.69, 9.17) is 5.11 Å². The molecule has 2 heteroatoms. The largest absolute Gasteiger partial charge is 0.396 e. The summed E-state index contributed by atoms with van der Waals surface area (Å²) < 4.78 is 0. The maximum atomic E-state index is 9.71. The van der Waals surface area contributed by atoms with Crippen molar-refractivity contribution >= 4 is 0 Å². The Kier molecular flexibility index (Phi) is 2.79. The second-order valence-electron chi connectivity index (χ2n) is 4.96. The molecule has 3 atom stereocenters. The third-order valence-electron chi connectivity index (χ3n) is 3.07. The standard InChI is InChI=1S/C10H20O2/c1-7-4-10(2,3)5-9(12)8(7)6-11/h7-9,11-12H,4-6H2,1-3H3. The van der Waals surface area contributed by atoms with Gasteiger partial charge in [-0.05, 0) is 24.2 Å². The van der Waals surface area contributed by atoms with Gasteiger partial charge in [-0.2, -0.15) is 0 Å². The molecule has 0 aromatic carbocycles. The first kappa shape index (κ1) is 10.0. The Morgan fingerprint density at radius 1 is 1.33 bits per heavy atom. The molecule has 1 aliphatic carbocycles. The molecule has 12 heavy (non-hydrogen) atoms. The molecule has 0 bridgehead atoms. The summed E-state index contributed by atoms with van der Waals surface area (Å²) in [6, 6.07) is 0. The average Bonchev–Trinajstić information content (AvgIpc) is 1.82. The van der Waals surface area contributed by atoms with E-state index < -0.39 is 0 Å². The predicted octanol–water partition coefficient (Wildman–Crippen LogP) is 1.41. The minimum Gasteiger partial charge on any atom is -0.396 e.